The first-order valence-electron chi connectivity index (χ1n) is 9.56. The Hall–Kier alpha value is -2.89. The van der Waals surface area contributed by atoms with Gasteiger partial charge >= 0.3 is 6.03 Å². The quantitative estimate of drug-likeness (QED) is 0.789. The predicted octanol–water partition coefficient (Wildman–Crippen LogP) is 3.80. The van der Waals surface area contributed by atoms with E-state index < -0.39 is 0 Å². The number of para-hydroxylation sites is 1. The van der Waals surface area contributed by atoms with Crippen LogP contribution in [-0.4, -0.2) is 45.3 Å². The second-order valence-electron chi connectivity index (χ2n) is 6.75. The molecule has 6 nitrogen and oxygen atoms in total. The minimum absolute atomic E-state index is 0.00659. The van der Waals surface area contributed by atoms with E-state index in [0.717, 1.165) is 54.2 Å². The number of methoxy groups -OCH3 is 3. The zero-order valence-electron chi connectivity index (χ0n) is 16.7. The fraction of sp³-hybridized carbons (Fsp3) is 0.409. The van der Waals surface area contributed by atoms with Gasteiger partial charge in [-0.15, -0.1) is 0 Å². The molecule has 0 spiro atoms. The van der Waals surface area contributed by atoms with Crippen molar-refractivity contribution >= 4 is 6.03 Å². The summed E-state index contributed by atoms with van der Waals surface area (Å²) >= 11 is 0. The number of nitrogens with one attached hydrogen (secondary N) is 1. The highest BCUT2D eigenvalue weighted by Gasteiger charge is 2.31. The predicted molar refractivity (Wildman–Crippen MR) is 108 cm³/mol. The molecule has 0 aromatic heterocycles. The smallest absolute Gasteiger partial charge is 0.317 e. The monoisotopic (exact) mass is 384 g/mol. The van der Waals surface area contributed by atoms with Crippen LogP contribution >= 0.6 is 0 Å². The normalized spacial score (nSPS) is 16.0. The first-order valence-corrected chi connectivity index (χ1v) is 9.56. The minimum Gasteiger partial charge on any atom is -0.497 e. The molecule has 3 rings (SSSR count). The molecule has 0 saturated carbocycles. The van der Waals surface area contributed by atoms with E-state index in [1.54, 1.807) is 21.3 Å². The van der Waals surface area contributed by atoms with Gasteiger partial charge in [-0.2, -0.15) is 0 Å². The number of hydrogen-bond donors (Lipinski definition) is 1. The van der Waals surface area contributed by atoms with E-state index in [4.69, 9.17) is 14.2 Å². The Bertz CT molecular complexity index is 809. The van der Waals surface area contributed by atoms with Crippen LogP contribution in [0.2, 0.25) is 0 Å². The standard InChI is InChI=1S/C22H28N2O4/c1-26-17-10-11-18(21(15-17)28-3)19-8-6-14-24(19)22(25)23-13-12-16-7-4-5-9-20(16)27-2/h4-5,7,9-11,15,19H,6,8,12-14H2,1-3H3,(H,23,25). The first-order chi connectivity index (χ1) is 13.7. The highest BCUT2D eigenvalue weighted by molar-refractivity contribution is 5.75. The Balaban J connectivity index is 1.65. The maximum absolute atomic E-state index is 12.8. The summed E-state index contributed by atoms with van der Waals surface area (Å²) in [5.74, 6) is 2.34. The average molecular weight is 384 g/mol. The van der Waals surface area contributed by atoms with Crippen molar-refractivity contribution in [3.05, 3.63) is 53.6 Å². The molecule has 1 fully saturated rings. The molecular formula is C22H28N2O4. The third-order valence-corrected chi connectivity index (χ3v) is 5.18. The second kappa shape index (κ2) is 9.35. The maximum Gasteiger partial charge on any atom is 0.317 e. The number of nitrogens with zero attached hydrogens (tertiary/aromatic N) is 1. The van der Waals surface area contributed by atoms with E-state index in [9.17, 15) is 4.79 Å². The zero-order valence-corrected chi connectivity index (χ0v) is 16.7. The number of rotatable bonds is 7. The molecule has 28 heavy (non-hydrogen) atoms. The van der Waals surface area contributed by atoms with Crippen molar-refractivity contribution in [1.82, 2.24) is 10.2 Å². The minimum atomic E-state index is -0.0460. The van der Waals surface area contributed by atoms with Crippen molar-refractivity contribution in [2.45, 2.75) is 25.3 Å². The van der Waals surface area contributed by atoms with E-state index in [0.29, 0.717) is 6.54 Å². The van der Waals surface area contributed by atoms with Gasteiger partial charge in [-0.25, -0.2) is 4.79 Å². The lowest BCUT2D eigenvalue weighted by Crippen LogP contribution is -2.40. The Morgan fingerprint density at radius 3 is 2.61 bits per heavy atom. The number of likely N-dealkylation sites (tertiary alicyclic amines) is 1. The van der Waals surface area contributed by atoms with Crippen LogP contribution in [0.1, 0.15) is 30.0 Å². The largest absolute Gasteiger partial charge is 0.497 e. The van der Waals surface area contributed by atoms with Gasteiger partial charge in [0, 0.05) is 24.7 Å². The lowest BCUT2D eigenvalue weighted by Gasteiger charge is -2.27. The fourth-order valence-electron chi connectivity index (χ4n) is 3.74. The van der Waals surface area contributed by atoms with Crippen LogP contribution in [0.5, 0.6) is 17.2 Å². The molecule has 2 aromatic rings. The summed E-state index contributed by atoms with van der Waals surface area (Å²) in [6.07, 6.45) is 2.61. The Labute approximate surface area is 166 Å². The molecule has 1 aliphatic rings. The Morgan fingerprint density at radius 1 is 1.07 bits per heavy atom. The Kier molecular flexibility index (Phi) is 6.63. The number of benzene rings is 2. The summed E-state index contributed by atoms with van der Waals surface area (Å²) in [5, 5.41) is 3.05. The summed E-state index contributed by atoms with van der Waals surface area (Å²) in [6.45, 7) is 1.29. The lowest BCUT2D eigenvalue weighted by molar-refractivity contribution is 0.192. The van der Waals surface area contributed by atoms with Gasteiger partial charge in [0.25, 0.3) is 0 Å². The van der Waals surface area contributed by atoms with Crippen LogP contribution in [0.25, 0.3) is 0 Å². The van der Waals surface area contributed by atoms with Crippen molar-refractivity contribution in [3.8, 4) is 17.2 Å². The number of ether oxygens (including phenoxy) is 3. The van der Waals surface area contributed by atoms with Crippen LogP contribution in [-0.2, 0) is 6.42 Å². The van der Waals surface area contributed by atoms with Gasteiger partial charge in [0.15, 0.2) is 0 Å². The lowest BCUT2D eigenvalue weighted by atomic mass is 10.0. The number of carbonyl (C=O) groups excluding carboxylic acids is 1. The SMILES string of the molecule is COc1ccc(C2CCCN2C(=O)NCCc2ccccc2OC)c(OC)c1. The van der Waals surface area contributed by atoms with Gasteiger partial charge in [0.2, 0.25) is 0 Å². The van der Waals surface area contributed by atoms with Crippen LogP contribution < -0.4 is 19.5 Å². The molecule has 1 heterocycles. The van der Waals surface area contributed by atoms with Crippen LogP contribution in [0.3, 0.4) is 0 Å². The molecule has 2 aromatic carbocycles. The third kappa shape index (κ3) is 4.32. The van der Waals surface area contributed by atoms with Crippen LogP contribution in [0, 0.1) is 0 Å². The molecule has 1 aliphatic heterocycles. The van der Waals surface area contributed by atoms with Gasteiger partial charge in [-0.05, 0) is 43.0 Å². The maximum atomic E-state index is 12.8. The van der Waals surface area contributed by atoms with Crippen molar-refractivity contribution in [2.24, 2.45) is 0 Å². The van der Waals surface area contributed by atoms with Crippen molar-refractivity contribution in [3.63, 3.8) is 0 Å². The molecular weight excluding hydrogens is 356 g/mol. The molecule has 2 amide bonds. The summed E-state index contributed by atoms with van der Waals surface area (Å²) in [6, 6.07) is 13.6. The highest BCUT2D eigenvalue weighted by atomic mass is 16.5. The van der Waals surface area contributed by atoms with Gasteiger partial charge in [-0.3, -0.25) is 0 Å². The van der Waals surface area contributed by atoms with E-state index in [2.05, 4.69) is 5.32 Å². The van der Waals surface area contributed by atoms with Gasteiger partial charge in [-0.1, -0.05) is 18.2 Å². The molecule has 0 radical (unpaired) electrons. The van der Waals surface area contributed by atoms with Gasteiger partial charge in [0.1, 0.15) is 17.2 Å². The van der Waals surface area contributed by atoms with Crippen molar-refractivity contribution in [2.75, 3.05) is 34.4 Å². The van der Waals surface area contributed by atoms with Gasteiger partial charge in [0.05, 0.1) is 27.4 Å². The molecule has 1 N–H and O–H groups in total. The zero-order chi connectivity index (χ0) is 19.9. The van der Waals surface area contributed by atoms with Gasteiger partial charge < -0.3 is 24.4 Å². The summed E-state index contributed by atoms with van der Waals surface area (Å²) < 4.78 is 16.2. The number of carbonyl (C=O) groups is 1. The average Bonchev–Trinajstić information content (AvgIpc) is 3.23. The molecule has 1 saturated heterocycles. The number of amides is 2. The van der Waals surface area contributed by atoms with E-state index in [-0.39, 0.29) is 12.1 Å². The fourth-order valence-corrected chi connectivity index (χ4v) is 3.74. The number of hydrogen-bond acceptors (Lipinski definition) is 4. The van der Waals surface area contributed by atoms with Crippen LogP contribution in [0.4, 0.5) is 4.79 Å². The molecule has 0 aliphatic carbocycles. The molecule has 0 bridgehead atoms. The molecule has 1 unspecified atom stereocenters. The van der Waals surface area contributed by atoms with E-state index in [1.807, 2.05) is 47.4 Å². The molecule has 150 valence electrons. The van der Waals surface area contributed by atoms with E-state index in [1.165, 1.54) is 0 Å². The van der Waals surface area contributed by atoms with Crippen LogP contribution in [0.15, 0.2) is 42.5 Å². The third-order valence-electron chi connectivity index (χ3n) is 5.18. The summed E-state index contributed by atoms with van der Waals surface area (Å²) in [7, 11) is 4.94. The molecule has 6 heteroatoms. The summed E-state index contributed by atoms with van der Waals surface area (Å²) in [4.78, 5) is 14.7. The summed E-state index contributed by atoms with van der Waals surface area (Å²) in [5.41, 5.74) is 2.10. The van der Waals surface area contributed by atoms with E-state index >= 15 is 0 Å². The van der Waals surface area contributed by atoms with Crippen molar-refractivity contribution in [1.29, 1.82) is 0 Å². The Morgan fingerprint density at radius 2 is 1.86 bits per heavy atom. The second-order valence-corrected chi connectivity index (χ2v) is 6.75. The first kappa shape index (κ1) is 19.9. The topological polar surface area (TPSA) is 60.0 Å². The molecule has 1 atom stereocenters. The highest BCUT2D eigenvalue weighted by Crippen LogP contribution is 2.38. The van der Waals surface area contributed by atoms with Crippen molar-refractivity contribution < 1.29 is 19.0 Å². The number of urea groups is 1.